The minimum absolute atomic E-state index is 0.0177. The van der Waals surface area contributed by atoms with E-state index in [0.717, 1.165) is 10.6 Å². The Kier molecular flexibility index (Phi) is 4.54. The van der Waals surface area contributed by atoms with Crippen LogP contribution in [0.15, 0.2) is 42.0 Å². The Hall–Kier alpha value is -2.01. The van der Waals surface area contributed by atoms with E-state index in [-0.39, 0.29) is 5.57 Å². The van der Waals surface area contributed by atoms with E-state index in [4.69, 9.17) is 34.8 Å². The molecule has 4 nitrogen and oxygen atoms in total. The molecular formula is C17H11Cl3N2O2. The highest BCUT2D eigenvalue weighted by atomic mass is 35.5. The topological polar surface area (TPSA) is 49.4 Å². The number of aryl methyl sites for hydroxylation is 1. The Labute approximate surface area is 153 Å². The minimum Gasteiger partial charge on any atom is -0.267 e. The van der Waals surface area contributed by atoms with Gasteiger partial charge in [0.25, 0.3) is 11.8 Å². The van der Waals surface area contributed by atoms with E-state index in [0.29, 0.717) is 26.3 Å². The summed E-state index contributed by atoms with van der Waals surface area (Å²) >= 11 is 18.0. The van der Waals surface area contributed by atoms with Crippen LogP contribution in [0.5, 0.6) is 0 Å². The van der Waals surface area contributed by atoms with Gasteiger partial charge in [-0.25, -0.2) is 5.01 Å². The Morgan fingerprint density at radius 2 is 1.75 bits per heavy atom. The summed E-state index contributed by atoms with van der Waals surface area (Å²) in [7, 11) is 0. The summed E-state index contributed by atoms with van der Waals surface area (Å²) in [6, 6.07) is 9.92. The first-order valence-electron chi connectivity index (χ1n) is 6.95. The monoisotopic (exact) mass is 380 g/mol. The fraction of sp³-hybridized carbons (Fsp3) is 0.0588. The molecule has 122 valence electrons. The van der Waals surface area contributed by atoms with E-state index in [1.807, 2.05) is 6.92 Å². The van der Waals surface area contributed by atoms with Gasteiger partial charge in [-0.3, -0.25) is 15.0 Å². The number of hydrogen-bond acceptors (Lipinski definition) is 2. The number of hydrogen-bond donors (Lipinski definition) is 1. The molecule has 0 aliphatic carbocycles. The van der Waals surface area contributed by atoms with E-state index in [2.05, 4.69) is 5.43 Å². The van der Waals surface area contributed by atoms with E-state index in [9.17, 15) is 9.59 Å². The van der Waals surface area contributed by atoms with Gasteiger partial charge in [-0.2, -0.15) is 0 Å². The van der Waals surface area contributed by atoms with E-state index in [1.54, 1.807) is 36.4 Å². The van der Waals surface area contributed by atoms with Crippen LogP contribution in [0.3, 0.4) is 0 Å². The molecule has 1 N–H and O–H groups in total. The normalized spacial score (nSPS) is 16.0. The zero-order valence-electron chi connectivity index (χ0n) is 12.4. The van der Waals surface area contributed by atoms with Gasteiger partial charge in [0.15, 0.2) is 0 Å². The third-order valence-electron chi connectivity index (χ3n) is 3.57. The molecule has 1 aliphatic rings. The van der Waals surface area contributed by atoms with Crippen molar-refractivity contribution in [2.24, 2.45) is 0 Å². The van der Waals surface area contributed by atoms with Gasteiger partial charge in [-0.05, 0) is 48.4 Å². The molecule has 1 heterocycles. The molecule has 0 unspecified atom stereocenters. The van der Waals surface area contributed by atoms with Gasteiger partial charge in [0.2, 0.25) is 0 Å². The van der Waals surface area contributed by atoms with Gasteiger partial charge < -0.3 is 0 Å². The summed E-state index contributed by atoms with van der Waals surface area (Å²) in [4.78, 5) is 24.7. The van der Waals surface area contributed by atoms with E-state index < -0.39 is 11.8 Å². The first-order valence-corrected chi connectivity index (χ1v) is 8.08. The lowest BCUT2D eigenvalue weighted by Crippen LogP contribution is -2.35. The third-order valence-corrected chi connectivity index (χ3v) is 4.54. The van der Waals surface area contributed by atoms with Crippen LogP contribution in [0, 0.1) is 6.92 Å². The Balaban J connectivity index is 1.97. The van der Waals surface area contributed by atoms with Crippen LogP contribution in [0.25, 0.3) is 6.08 Å². The second-order valence-corrected chi connectivity index (χ2v) is 6.49. The van der Waals surface area contributed by atoms with E-state index in [1.165, 1.54) is 6.08 Å². The van der Waals surface area contributed by atoms with Crippen LogP contribution >= 0.6 is 34.8 Å². The number of amides is 2. The fourth-order valence-electron chi connectivity index (χ4n) is 2.23. The molecule has 2 aromatic rings. The summed E-state index contributed by atoms with van der Waals surface area (Å²) in [5.41, 5.74) is 4.39. The van der Waals surface area contributed by atoms with Crippen molar-refractivity contribution in [3.8, 4) is 0 Å². The van der Waals surface area contributed by atoms with Crippen molar-refractivity contribution < 1.29 is 9.59 Å². The maximum atomic E-state index is 12.6. The van der Waals surface area contributed by atoms with Gasteiger partial charge in [0, 0.05) is 15.1 Å². The number of hydrazine groups is 1. The molecule has 1 aliphatic heterocycles. The maximum absolute atomic E-state index is 12.6. The number of nitrogens with one attached hydrogen (secondary N) is 1. The molecule has 3 rings (SSSR count). The highest BCUT2D eigenvalue weighted by Crippen LogP contribution is 2.28. The molecule has 1 fully saturated rings. The average Bonchev–Trinajstić information content (AvgIpc) is 2.80. The molecule has 0 aromatic heterocycles. The van der Waals surface area contributed by atoms with Crippen LogP contribution in [0.4, 0.5) is 5.69 Å². The molecular weight excluding hydrogens is 371 g/mol. The maximum Gasteiger partial charge on any atom is 0.282 e. The summed E-state index contributed by atoms with van der Waals surface area (Å²) in [5.74, 6) is -0.992. The highest BCUT2D eigenvalue weighted by molar-refractivity contribution is 6.37. The fourth-order valence-corrected chi connectivity index (χ4v) is 2.87. The molecule has 0 radical (unpaired) electrons. The van der Waals surface area contributed by atoms with Crippen molar-refractivity contribution >= 4 is 58.4 Å². The third kappa shape index (κ3) is 3.13. The predicted octanol–water partition coefficient (Wildman–Crippen LogP) is 4.42. The zero-order valence-corrected chi connectivity index (χ0v) is 14.7. The van der Waals surface area contributed by atoms with Crippen LogP contribution in [0.2, 0.25) is 15.1 Å². The molecule has 24 heavy (non-hydrogen) atoms. The quantitative estimate of drug-likeness (QED) is 0.618. The zero-order chi connectivity index (χ0) is 17.4. The van der Waals surface area contributed by atoms with Crippen LogP contribution < -0.4 is 10.4 Å². The van der Waals surface area contributed by atoms with Gasteiger partial charge in [-0.1, -0.05) is 46.9 Å². The number of carbonyl (C=O) groups excluding carboxylic acids is 2. The van der Waals surface area contributed by atoms with Gasteiger partial charge in [0.05, 0.1) is 5.69 Å². The Morgan fingerprint density at radius 3 is 2.42 bits per heavy atom. The van der Waals surface area contributed by atoms with Crippen molar-refractivity contribution in [2.75, 3.05) is 5.01 Å². The molecule has 2 amide bonds. The number of rotatable bonds is 2. The summed E-state index contributed by atoms with van der Waals surface area (Å²) in [6.07, 6.45) is 1.44. The predicted molar refractivity (Wildman–Crippen MR) is 96.3 cm³/mol. The number of nitrogens with zero attached hydrogens (tertiary/aromatic N) is 1. The van der Waals surface area contributed by atoms with Crippen molar-refractivity contribution in [1.29, 1.82) is 0 Å². The highest BCUT2D eigenvalue weighted by Gasteiger charge is 2.34. The molecule has 0 bridgehead atoms. The second-order valence-electron chi connectivity index (χ2n) is 5.24. The molecule has 2 aromatic carbocycles. The molecule has 0 saturated carbocycles. The van der Waals surface area contributed by atoms with E-state index >= 15 is 0 Å². The summed E-state index contributed by atoms with van der Waals surface area (Å²) < 4.78 is 0. The lowest BCUT2D eigenvalue weighted by molar-refractivity contribution is -0.117. The van der Waals surface area contributed by atoms with Crippen LogP contribution in [0.1, 0.15) is 11.1 Å². The summed E-state index contributed by atoms with van der Waals surface area (Å²) in [6.45, 7) is 1.85. The average molecular weight is 382 g/mol. The first kappa shape index (κ1) is 16.8. The number of carbonyl (C=O) groups is 2. The van der Waals surface area contributed by atoms with Gasteiger partial charge in [0.1, 0.15) is 5.57 Å². The number of anilines is 1. The smallest absolute Gasteiger partial charge is 0.267 e. The SMILES string of the molecule is Cc1ccc(N2NC(=O)/C(=C\c3ccc(Cl)cc3Cl)C2=O)cc1Cl. The van der Waals surface area contributed by atoms with Crippen molar-refractivity contribution in [2.45, 2.75) is 6.92 Å². The largest absolute Gasteiger partial charge is 0.282 e. The van der Waals surface area contributed by atoms with Crippen LogP contribution in [-0.4, -0.2) is 11.8 Å². The standard InChI is InChI=1S/C17H11Cl3N2O2/c1-9-2-5-12(8-14(9)19)22-17(24)13(16(23)21-22)6-10-3-4-11(18)7-15(10)20/h2-8H,1H3,(H,21,23)/b13-6+. The Bertz CT molecular complexity index is 893. The first-order chi connectivity index (χ1) is 11.4. The van der Waals surface area contributed by atoms with Gasteiger partial charge >= 0.3 is 0 Å². The molecule has 1 saturated heterocycles. The molecule has 0 spiro atoms. The number of halogens is 3. The lowest BCUT2D eigenvalue weighted by atomic mass is 10.1. The van der Waals surface area contributed by atoms with Crippen LogP contribution in [-0.2, 0) is 9.59 Å². The molecule has 7 heteroatoms. The molecule has 0 atom stereocenters. The summed E-state index contributed by atoms with van der Waals surface area (Å²) in [5, 5.41) is 2.49. The van der Waals surface area contributed by atoms with Crippen molar-refractivity contribution in [1.82, 2.24) is 5.43 Å². The number of benzene rings is 2. The minimum atomic E-state index is -0.511. The Morgan fingerprint density at radius 1 is 1.00 bits per heavy atom. The second kappa shape index (κ2) is 6.48. The van der Waals surface area contributed by atoms with Gasteiger partial charge in [-0.15, -0.1) is 0 Å². The lowest BCUT2D eigenvalue weighted by Gasteiger charge is -2.15. The van der Waals surface area contributed by atoms with Crippen molar-refractivity contribution in [3.63, 3.8) is 0 Å². The van der Waals surface area contributed by atoms with Crippen molar-refractivity contribution in [3.05, 3.63) is 68.2 Å².